The molecule has 0 radical (unpaired) electrons. The summed E-state index contributed by atoms with van der Waals surface area (Å²) in [5.41, 5.74) is 8.31. The van der Waals surface area contributed by atoms with Gasteiger partial charge in [0, 0.05) is 24.7 Å². The van der Waals surface area contributed by atoms with Crippen LogP contribution in [0.15, 0.2) is 35.6 Å². The van der Waals surface area contributed by atoms with E-state index in [1.807, 2.05) is 31.2 Å². The second-order valence-corrected chi connectivity index (χ2v) is 5.15. The van der Waals surface area contributed by atoms with Gasteiger partial charge in [0.1, 0.15) is 0 Å². The highest BCUT2D eigenvalue weighted by molar-refractivity contribution is 6.08. The number of para-hydroxylation sites is 1. The monoisotopic (exact) mass is 286 g/mol. The van der Waals surface area contributed by atoms with Gasteiger partial charge in [-0.1, -0.05) is 23.4 Å². The lowest BCUT2D eigenvalue weighted by Gasteiger charge is -2.34. The molecule has 0 aliphatic carbocycles. The van der Waals surface area contributed by atoms with Crippen LogP contribution in [0.1, 0.15) is 12.5 Å². The van der Waals surface area contributed by atoms with Crippen molar-refractivity contribution in [2.24, 2.45) is 10.9 Å². The van der Waals surface area contributed by atoms with E-state index < -0.39 is 0 Å². The minimum absolute atomic E-state index is 0.0717. The van der Waals surface area contributed by atoms with E-state index in [0.717, 1.165) is 29.7 Å². The molecule has 21 heavy (non-hydrogen) atoms. The summed E-state index contributed by atoms with van der Waals surface area (Å²) in [6.07, 6.45) is 1.80. The van der Waals surface area contributed by atoms with Crippen LogP contribution in [0.3, 0.4) is 0 Å². The van der Waals surface area contributed by atoms with Gasteiger partial charge in [-0.25, -0.2) is 0 Å². The highest BCUT2D eigenvalue weighted by Crippen LogP contribution is 2.30. The van der Waals surface area contributed by atoms with Crippen LogP contribution in [-0.2, 0) is 4.74 Å². The zero-order valence-corrected chi connectivity index (χ0v) is 11.9. The number of ether oxygens (including phenoxy) is 1. The topological polar surface area (TPSA) is 84.0 Å². The fraction of sp³-hybridized carbons (Fsp3) is 0.333. The van der Waals surface area contributed by atoms with Crippen molar-refractivity contribution in [3.63, 3.8) is 0 Å². The van der Waals surface area contributed by atoms with Crippen LogP contribution in [0.2, 0.25) is 0 Å². The Kier molecular flexibility index (Phi) is 3.62. The number of hydrogen-bond acceptors (Lipinski definition) is 5. The van der Waals surface area contributed by atoms with E-state index in [1.54, 1.807) is 6.20 Å². The number of pyridine rings is 1. The van der Waals surface area contributed by atoms with Crippen LogP contribution >= 0.6 is 0 Å². The second-order valence-electron chi connectivity index (χ2n) is 5.15. The number of oxime groups is 1. The Hall–Kier alpha value is -2.34. The molecule has 1 aromatic carbocycles. The first-order valence-corrected chi connectivity index (χ1v) is 6.93. The van der Waals surface area contributed by atoms with Gasteiger partial charge in [0.05, 0.1) is 29.5 Å². The van der Waals surface area contributed by atoms with Crippen molar-refractivity contribution in [2.45, 2.75) is 13.0 Å². The molecule has 3 N–H and O–H groups in total. The maximum absolute atomic E-state index is 9.03. The molecule has 6 nitrogen and oxygen atoms in total. The molecule has 1 atom stereocenters. The van der Waals surface area contributed by atoms with Crippen molar-refractivity contribution >= 4 is 22.4 Å². The number of nitrogens with two attached hydrogens (primary N) is 1. The molecule has 3 rings (SSSR count). The average molecular weight is 286 g/mol. The zero-order valence-electron chi connectivity index (χ0n) is 11.9. The van der Waals surface area contributed by atoms with Gasteiger partial charge in [-0.05, 0) is 13.0 Å². The van der Waals surface area contributed by atoms with Gasteiger partial charge in [-0.3, -0.25) is 4.98 Å². The smallest absolute Gasteiger partial charge is 0.173 e. The SMILES string of the molecule is CC1CN(c2c(/C(N)=N/O)cnc3ccccc23)CCO1. The lowest BCUT2D eigenvalue weighted by Crippen LogP contribution is -2.42. The van der Waals surface area contributed by atoms with Gasteiger partial charge in [0.2, 0.25) is 0 Å². The number of aromatic nitrogens is 1. The highest BCUT2D eigenvalue weighted by atomic mass is 16.5. The van der Waals surface area contributed by atoms with Crippen LogP contribution in [0.25, 0.3) is 10.9 Å². The minimum atomic E-state index is 0.0717. The summed E-state index contributed by atoms with van der Waals surface area (Å²) in [5, 5.41) is 13.2. The number of nitrogens with zero attached hydrogens (tertiary/aromatic N) is 3. The molecule has 1 aliphatic rings. The molecule has 0 saturated carbocycles. The largest absolute Gasteiger partial charge is 0.409 e. The summed E-state index contributed by atoms with van der Waals surface area (Å²) >= 11 is 0. The number of benzene rings is 1. The first-order valence-electron chi connectivity index (χ1n) is 6.93. The molecule has 2 heterocycles. The Morgan fingerprint density at radius 3 is 3.05 bits per heavy atom. The van der Waals surface area contributed by atoms with E-state index in [1.165, 1.54) is 0 Å². The van der Waals surface area contributed by atoms with E-state index in [0.29, 0.717) is 12.2 Å². The van der Waals surface area contributed by atoms with Gasteiger partial charge in [-0.15, -0.1) is 0 Å². The number of morpholine rings is 1. The van der Waals surface area contributed by atoms with E-state index in [-0.39, 0.29) is 11.9 Å². The van der Waals surface area contributed by atoms with E-state index >= 15 is 0 Å². The summed E-state index contributed by atoms with van der Waals surface area (Å²) in [6, 6.07) is 7.88. The number of hydrogen-bond donors (Lipinski definition) is 2. The lowest BCUT2D eigenvalue weighted by molar-refractivity contribution is 0.0533. The van der Waals surface area contributed by atoms with Crippen LogP contribution < -0.4 is 10.6 Å². The fourth-order valence-corrected chi connectivity index (χ4v) is 2.73. The minimum Gasteiger partial charge on any atom is -0.409 e. The molecule has 2 aromatic rings. The summed E-state index contributed by atoms with van der Waals surface area (Å²) in [7, 11) is 0. The number of amidine groups is 1. The van der Waals surface area contributed by atoms with Crippen LogP contribution in [0, 0.1) is 0 Å². The third-order valence-corrected chi connectivity index (χ3v) is 3.69. The Morgan fingerprint density at radius 2 is 2.29 bits per heavy atom. The quantitative estimate of drug-likeness (QED) is 0.379. The van der Waals surface area contributed by atoms with Crippen LogP contribution in [0.5, 0.6) is 0 Å². The van der Waals surface area contributed by atoms with E-state index in [4.69, 9.17) is 15.7 Å². The maximum atomic E-state index is 9.03. The van der Waals surface area contributed by atoms with E-state index in [9.17, 15) is 0 Å². The van der Waals surface area contributed by atoms with Crippen molar-refractivity contribution < 1.29 is 9.94 Å². The summed E-state index contributed by atoms with van der Waals surface area (Å²) in [4.78, 5) is 6.61. The first-order chi connectivity index (χ1) is 10.2. The molecular weight excluding hydrogens is 268 g/mol. The molecule has 1 unspecified atom stereocenters. The van der Waals surface area contributed by atoms with Crippen LogP contribution in [-0.4, -0.2) is 41.8 Å². The van der Waals surface area contributed by atoms with Crippen molar-refractivity contribution in [3.05, 3.63) is 36.0 Å². The predicted octanol–water partition coefficient (Wildman–Crippen LogP) is 1.55. The third-order valence-electron chi connectivity index (χ3n) is 3.69. The zero-order chi connectivity index (χ0) is 14.8. The van der Waals surface area contributed by atoms with Crippen molar-refractivity contribution in [3.8, 4) is 0 Å². The number of rotatable bonds is 2. The van der Waals surface area contributed by atoms with Gasteiger partial charge < -0.3 is 20.6 Å². The molecule has 110 valence electrons. The second kappa shape index (κ2) is 5.57. The normalized spacial score (nSPS) is 20.0. The predicted molar refractivity (Wildman–Crippen MR) is 81.9 cm³/mol. The molecule has 0 bridgehead atoms. The Bertz CT molecular complexity index is 686. The Morgan fingerprint density at radius 1 is 1.48 bits per heavy atom. The molecular formula is C15H18N4O2. The standard InChI is InChI=1S/C15H18N4O2/c1-10-9-19(6-7-21-10)14-11-4-2-3-5-13(11)17-8-12(14)15(16)18-20/h2-5,8,10,20H,6-7,9H2,1H3,(H2,16,18). The van der Waals surface area contributed by atoms with Crippen molar-refractivity contribution in [1.29, 1.82) is 0 Å². The highest BCUT2D eigenvalue weighted by Gasteiger charge is 2.23. The summed E-state index contributed by atoms with van der Waals surface area (Å²) < 4.78 is 5.60. The van der Waals surface area contributed by atoms with Gasteiger partial charge in [-0.2, -0.15) is 0 Å². The van der Waals surface area contributed by atoms with Gasteiger partial charge in [0.25, 0.3) is 0 Å². The molecule has 1 aromatic heterocycles. The molecule has 0 amide bonds. The third kappa shape index (κ3) is 2.50. The Labute approximate surface area is 122 Å². The van der Waals surface area contributed by atoms with E-state index in [2.05, 4.69) is 15.0 Å². The lowest BCUT2D eigenvalue weighted by atomic mass is 10.1. The number of anilines is 1. The molecule has 0 spiro atoms. The van der Waals surface area contributed by atoms with Crippen molar-refractivity contribution in [2.75, 3.05) is 24.6 Å². The van der Waals surface area contributed by atoms with Gasteiger partial charge >= 0.3 is 0 Å². The van der Waals surface area contributed by atoms with Crippen molar-refractivity contribution in [1.82, 2.24) is 4.98 Å². The summed E-state index contributed by atoms with van der Waals surface area (Å²) in [6.45, 7) is 4.23. The number of fused-ring (bicyclic) bond motifs is 1. The summed E-state index contributed by atoms with van der Waals surface area (Å²) in [5.74, 6) is 0.0717. The molecule has 1 saturated heterocycles. The molecule has 6 heteroatoms. The first kappa shape index (κ1) is 13.6. The maximum Gasteiger partial charge on any atom is 0.173 e. The van der Waals surface area contributed by atoms with Gasteiger partial charge in [0.15, 0.2) is 5.84 Å². The van der Waals surface area contributed by atoms with Crippen LogP contribution in [0.4, 0.5) is 5.69 Å². The fourth-order valence-electron chi connectivity index (χ4n) is 2.73. The molecule has 1 fully saturated rings. The average Bonchev–Trinajstić information content (AvgIpc) is 2.53. The Balaban J connectivity index is 2.20. The molecule has 1 aliphatic heterocycles.